The molecule has 0 bridgehead atoms. The number of rotatable bonds is 6. The van der Waals surface area contributed by atoms with Crippen LogP contribution in [0, 0.1) is 5.92 Å². The lowest BCUT2D eigenvalue weighted by Crippen LogP contribution is -2.22. The molecule has 0 spiro atoms. The molecule has 1 rings (SSSR count). The highest BCUT2D eigenvalue weighted by Crippen LogP contribution is 2.37. The van der Waals surface area contributed by atoms with Crippen molar-refractivity contribution in [3.8, 4) is 0 Å². The van der Waals surface area contributed by atoms with Crippen LogP contribution in [-0.4, -0.2) is 6.54 Å². The summed E-state index contributed by atoms with van der Waals surface area (Å²) in [4.78, 5) is 1.42. The number of hydrogen-bond acceptors (Lipinski definition) is 2. The number of halogens is 2. The monoisotopic (exact) mass is 367 g/mol. The molecule has 1 aromatic heterocycles. The lowest BCUT2D eigenvalue weighted by Gasteiger charge is -2.19. The van der Waals surface area contributed by atoms with Crippen molar-refractivity contribution < 1.29 is 0 Å². The maximum absolute atomic E-state index is 3.63. The van der Waals surface area contributed by atoms with E-state index in [4.69, 9.17) is 0 Å². The summed E-state index contributed by atoms with van der Waals surface area (Å²) in [5.74, 6) is 0.717. The van der Waals surface area contributed by atoms with Gasteiger partial charge in [-0.2, -0.15) is 0 Å². The molecule has 0 radical (unpaired) electrons. The Labute approximate surface area is 119 Å². The summed E-state index contributed by atoms with van der Waals surface area (Å²) in [6.45, 7) is 7.85. The SMILES string of the molecule is CCCNC(CC(C)C)c1cc(Br)c(Br)s1. The molecule has 0 saturated carbocycles. The van der Waals surface area contributed by atoms with Crippen molar-refractivity contribution in [1.29, 1.82) is 0 Å². The van der Waals surface area contributed by atoms with E-state index in [1.807, 2.05) is 11.3 Å². The largest absolute Gasteiger partial charge is 0.309 e. The van der Waals surface area contributed by atoms with Gasteiger partial charge in [0.25, 0.3) is 0 Å². The number of hydrogen-bond donors (Lipinski definition) is 1. The van der Waals surface area contributed by atoms with Gasteiger partial charge in [-0.15, -0.1) is 11.3 Å². The summed E-state index contributed by atoms with van der Waals surface area (Å²) >= 11 is 8.94. The molecule has 1 atom stereocenters. The fourth-order valence-electron chi connectivity index (χ4n) is 1.63. The van der Waals surface area contributed by atoms with E-state index >= 15 is 0 Å². The van der Waals surface area contributed by atoms with E-state index in [0.29, 0.717) is 12.0 Å². The minimum atomic E-state index is 0.493. The predicted octanol–water partition coefficient (Wildman–Crippen LogP) is 5.36. The van der Waals surface area contributed by atoms with Crippen LogP contribution in [0.3, 0.4) is 0 Å². The van der Waals surface area contributed by atoms with Gasteiger partial charge in [-0.3, -0.25) is 0 Å². The van der Waals surface area contributed by atoms with Crippen molar-refractivity contribution in [3.05, 3.63) is 19.2 Å². The van der Waals surface area contributed by atoms with Gasteiger partial charge in [-0.05, 0) is 63.2 Å². The summed E-state index contributed by atoms with van der Waals surface area (Å²) < 4.78 is 2.36. The molecule has 1 nitrogen and oxygen atoms in total. The van der Waals surface area contributed by atoms with Crippen molar-refractivity contribution in [2.75, 3.05) is 6.54 Å². The topological polar surface area (TPSA) is 12.0 Å². The third kappa shape index (κ3) is 4.47. The molecular weight excluding hydrogens is 350 g/mol. The van der Waals surface area contributed by atoms with Crippen molar-refractivity contribution in [3.63, 3.8) is 0 Å². The maximum Gasteiger partial charge on any atom is 0.0843 e. The van der Waals surface area contributed by atoms with Gasteiger partial charge in [-0.1, -0.05) is 20.8 Å². The van der Waals surface area contributed by atoms with Crippen LogP contribution in [-0.2, 0) is 0 Å². The first-order valence-corrected chi connectivity index (χ1v) is 8.13. The Morgan fingerprint density at radius 2 is 2.06 bits per heavy atom. The average molecular weight is 369 g/mol. The molecule has 0 aliphatic carbocycles. The van der Waals surface area contributed by atoms with Crippen molar-refractivity contribution in [1.82, 2.24) is 5.32 Å². The zero-order chi connectivity index (χ0) is 12.1. The third-order valence-corrected chi connectivity index (χ3v) is 5.73. The fourth-order valence-corrected chi connectivity index (χ4v) is 3.80. The van der Waals surface area contributed by atoms with Crippen molar-refractivity contribution in [2.45, 2.75) is 39.7 Å². The maximum atomic E-state index is 3.63. The highest BCUT2D eigenvalue weighted by Gasteiger charge is 2.16. The number of thiophene rings is 1. The van der Waals surface area contributed by atoms with Crippen LogP contribution in [0.15, 0.2) is 14.3 Å². The van der Waals surface area contributed by atoms with E-state index in [-0.39, 0.29) is 0 Å². The van der Waals surface area contributed by atoms with Gasteiger partial charge in [0.15, 0.2) is 0 Å². The Kier molecular flexibility index (Phi) is 6.55. The Morgan fingerprint density at radius 1 is 1.38 bits per heavy atom. The molecule has 1 aromatic rings. The quantitative estimate of drug-likeness (QED) is 0.712. The molecule has 1 heterocycles. The summed E-state index contributed by atoms with van der Waals surface area (Å²) in [5.41, 5.74) is 0. The fraction of sp³-hybridized carbons (Fsp3) is 0.667. The number of nitrogens with one attached hydrogen (secondary N) is 1. The second-order valence-corrected chi connectivity index (χ2v) is 7.66. The molecule has 1 N–H and O–H groups in total. The van der Waals surface area contributed by atoms with Crippen LogP contribution in [0.25, 0.3) is 0 Å². The molecule has 16 heavy (non-hydrogen) atoms. The van der Waals surface area contributed by atoms with E-state index in [1.54, 1.807) is 0 Å². The van der Waals surface area contributed by atoms with E-state index in [1.165, 1.54) is 26.0 Å². The summed E-state index contributed by atoms with van der Waals surface area (Å²) in [6, 6.07) is 2.72. The Hall–Kier alpha value is 0.620. The van der Waals surface area contributed by atoms with Crippen LogP contribution in [0.1, 0.15) is 44.5 Å². The highest BCUT2D eigenvalue weighted by atomic mass is 79.9. The second-order valence-electron chi connectivity index (χ2n) is 4.41. The van der Waals surface area contributed by atoms with Crippen molar-refractivity contribution in [2.24, 2.45) is 5.92 Å². The van der Waals surface area contributed by atoms with E-state index < -0.39 is 0 Å². The molecule has 0 aliphatic rings. The normalized spacial score (nSPS) is 13.4. The van der Waals surface area contributed by atoms with E-state index in [0.717, 1.165) is 6.54 Å². The molecule has 92 valence electrons. The Balaban J connectivity index is 2.74. The molecule has 0 amide bonds. The summed E-state index contributed by atoms with van der Waals surface area (Å²) in [7, 11) is 0. The first-order chi connectivity index (χ1) is 7.54. The van der Waals surface area contributed by atoms with Crippen LogP contribution in [0.5, 0.6) is 0 Å². The van der Waals surface area contributed by atoms with Gasteiger partial charge < -0.3 is 5.32 Å². The zero-order valence-electron chi connectivity index (χ0n) is 10.0. The minimum absolute atomic E-state index is 0.493. The molecule has 1 unspecified atom stereocenters. The molecule has 0 aromatic carbocycles. The molecule has 4 heteroatoms. The molecule has 0 fully saturated rings. The van der Waals surface area contributed by atoms with Gasteiger partial charge >= 0.3 is 0 Å². The van der Waals surface area contributed by atoms with Gasteiger partial charge in [0, 0.05) is 15.4 Å². The first-order valence-electron chi connectivity index (χ1n) is 5.72. The van der Waals surface area contributed by atoms with Crippen LogP contribution < -0.4 is 5.32 Å². The standard InChI is InChI=1S/C12H19Br2NS/c1-4-5-15-10(6-8(2)3)11-7-9(13)12(14)16-11/h7-8,10,15H,4-6H2,1-3H3. The zero-order valence-corrected chi connectivity index (χ0v) is 14.0. The molecule has 0 aliphatic heterocycles. The lowest BCUT2D eigenvalue weighted by atomic mass is 10.0. The summed E-state index contributed by atoms with van der Waals surface area (Å²) in [6.07, 6.45) is 2.38. The molecule has 0 saturated heterocycles. The van der Waals surface area contributed by atoms with Crippen LogP contribution >= 0.6 is 43.2 Å². The third-order valence-electron chi connectivity index (χ3n) is 2.36. The van der Waals surface area contributed by atoms with Gasteiger partial charge in [0.1, 0.15) is 0 Å². The van der Waals surface area contributed by atoms with E-state index in [2.05, 4.69) is 64.0 Å². The van der Waals surface area contributed by atoms with Gasteiger partial charge in [0.2, 0.25) is 0 Å². The summed E-state index contributed by atoms with van der Waals surface area (Å²) in [5, 5.41) is 3.63. The average Bonchev–Trinajstić information content (AvgIpc) is 2.53. The molecular formula is C12H19Br2NS. The predicted molar refractivity (Wildman–Crippen MR) is 80.2 cm³/mol. The highest BCUT2D eigenvalue weighted by molar-refractivity contribution is 9.13. The van der Waals surface area contributed by atoms with Gasteiger partial charge in [-0.25, -0.2) is 0 Å². The Bertz CT molecular complexity index is 303. The second kappa shape index (κ2) is 7.14. The smallest absolute Gasteiger partial charge is 0.0843 e. The first kappa shape index (κ1) is 14.7. The Morgan fingerprint density at radius 3 is 2.50 bits per heavy atom. The van der Waals surface area contributed by atoms with Gasteiger partial charge in [0.05, 0.1) is 3.79 Å². The van der Waals surface area contributed by atoms with Crippen LogP contribution in [0.2, 0.25) is 0 Å². The van der Waals surface area contributed by atoms with Crippen LogP contribution in [0.4, 0.5) is 0 Å². The van der Waals surface area contributed by atoms with E-state index in [9.17, 15) is 0 Å². The minimum Gasteiger partial charge on any atom is -0.309 e. The lowest BCUT2D eigenvalue weighted by molar-refractivity contribution is 0.435. The van der Waals surface area contributed by atoms with Crippen molar-refractivity contribution >= 4 is 43.2 Å².